The van der Waals surface area contributed by atoms with Crippen LogP contribution in [0, 0.1) is 0 Å². The standard InChI is InChI=1S/C22H16Br2O2/c23-19(15-9-3-1-4-10-15)22(24)20(25)17-13-7-8-14-18(17)26-21(22)16-11-5-2-6-12-16/h1-14,19,21H/t19-,21+,22-/m1/s1. The molecular weight excluding hydrogens is 456 g/mol. The van der Waals surface area contributed by atoms with Gasteiger partial charge in [-0.05, 0) is 23.3 Å². The molecule has 2 nitrogen and oxygen atoms in total. The van der Waals surface area contributed by atoms with Crippen LogP contribution in [0.2, 0.25) is 0 Å². The van der Waals surface area contributed by atoms with E-state index in [0.29, 0.717) is 11.3 Å². The number of benzene rings is 3. The second-order valence-corrected chi connectivity index (χ2v) is 8.50. The number of Topliss-reactive ketones (excluding diaryl/α,β-unsaturated/α-hetero) is 1. The lowest BCUT2D eigenvalue weighted by molar-refractivity contribution is 0.0739. The topological polar surface area (TPSA) is 26.3 Å². The molecule has 0 unspecified atom stereocenters. The van der Waals surface area contributed by atoms with Gasteiger partial charge in [0.05, 0.1) is 10.4 Å². The first kappa shape index (κ1) is 17.5. The molecule has 1 heterocycles. The van der Waals surface area contributed by atoms with Crippen molar-refractivity contribution in [1.29, 1.82) is 0 Å². The molecule has 0 radical (unpaired) electrons. The van der Waals surface area contributed by atoms with Gasteiger partial charge in [-0.1, -0.05) is 105 Å². The molecule has 0 fully saturated rings. The second-order valence-electron chi connectivity index (χ2n) is 6.28. The van der Waals surface area contributed by atoms with E-state index < -0.39 is 10.4 Å². The van der Waals surface area contributed by atoms with Crippen LogP contribution >= 0.6 is 31.9 Å². The summed E-state index contributed by atoms with van der Waals surface area (Å²) in [5.74, 6) is 0.633. The van der Waals surface area contributed by atoms with Gasteiger partial charge in [-0.3, -0.25) is 4.79 Å². The monoisotopic (exact) mass is 470 g/mol. The SMILES string of the molecule is O=C1c2ccccc2O[C@@H](c2ccccc2)[C@@]1(Br)[C@H](Br)c1ccccc1. The molecule has 0 N–H and O–H groups in total. The fraction of sp³-hybridized carbons (Fsp3) is 0.136. The number of carbonyl (C=O) groups excluding carboxylic acids is 1. The van der Waals surface area contributed by atoms with Crippen LogP contribution in [0.5, 0.6) is 5.75 Å². The Kier molecular flexibility index (Phi) is 4.72. The number of halogens is 2. The number of carbonyl (C=O) groups is 1. The van der Waals surface area contributed by atoms with Crippen LogP contribution in [-0.2, 0) is 0 Å². The largest absolute Gasteiger partial charge is 0.483 e. The number of rotatable bonds is 3. The molecule has 0 spiro atoms. The number of hydrogen-bond donors (Lipinski definition) is 0. The van der Waals surface area contributed by atoms with Crippen LogP contribution < -0.4 is 4.74 Å². The molecule has 0 aliphatic carbocycles. The van der Waals surface area contributed by atoms with Gasteiger partial charge in [-0.2, -0.15) is 0 Å². The highest BCUT2D eigenvalue weighted by Gasteiger charge is 2.55. The van der Waals surface area contributed by atoms with Crippen LogP contribution in [0.4, 0.5) is 0 Å². The number of ether oxygens (including phenoxy) is 1. The normalized spacial score (nSPS) is 23.0. The van der Waals surface area contributed by atoms with Gasteiger partial charge in [0.2, 0.25) is 0 Å². The van der Waals surface area contributed by atoms with Crippen LogP contribution in [0.1, 0.15) is 32.4 Å². The van der Waals surface area contributed by atoms with Crippen molar-refractivity contribution in [1.82, 2.24) is 0 Å². The third kappa shape index (κ3) is 2.81. The summed E-state index contributed by atoms with van der Waals surface area (Å²) >= 11 is 7.60. The third-order valence-electron chi connectivity index (χ3n) is 4.67. The van der Waals surface area contributed by atoms with Crippen LogP contribution in [0.3, 0.4) is 0 Å². The Hall–Kier alpha value is -1.91. The zero-order valence-electron chi connectivity index (χ0n) is 13.8. The summed E-state index contributed by atoms with van der Waals surface area (Å²) in [5.41, 5.74) is 2.56. The minimum Gasteiger partial charge on any atom is -0.483 e. The van der Waals surface area contributed by atoms with E-state index in [1.54, 1.807) is 0 Å². The highest BCUT2D eigenvalue weighted by atomic mass is 79.9. The summed E-state index contributed by atoms with van der Waals surface area (Å²) in [7, 11) is 0. The zero-order chi connectivity index (χ0) is 18.1. The van der Waals surface area contributed by atoms with E-state index in [2.05, 4.69) is 31.9 Å². The van der Waals surface area contributed by atoms with Gasteiger partial charge in [0, 0.05) is 0 Å². The average molecular weight is 472 g/mol. The lowest BCUT2D eigenvalue weighted by atomic mass is 9.81. The number of alkyl halides is 2. The molecule has 0 aromatic heterocycles. The Morgan fingerprint density at radius 2 is 1.42 bits per heavy atom. The fourth-order valence-corrected chi connectivity index (χ4v) is 4.94. The van der Waals surface area contributed by atoms with Crippen molar-refractivity contribution in [3.05, 3.63) is 102 Å². The van der Waals surface area contributed by atoms with E-state index in [-0.39, 0.29) is 10.6 Å². The molecule has 3 atom stereocenters. The Morgan fingerprint density at radius 1 is 0.846 bits per heavy atom. The first-order chi connectivity index (χ1) is 12.6. The van der Waals surface area contributed by atoms with Crippen molar-refractivity contribution in [2.75, 3.05) is 0 Å². The highest BCUT2D eigenvalue weighted by Crippen LogP contribution is 2.55. The fourth-order valence-electron chi connectivity index (χ4n) is 3.35. The van der Waals surface area contributed by atoms with E-state index in [1.807, 2.05) is 84.9 Å². The van der Waals surface area contributed by atoms with Crippen LogP contribution in [-0.4, -0.2) is 10.1 Å². The molecule has 4 rings (SSSR count). The minimum atomic E-state index is -0.968. The molecule has 26 heavy (non-hydrogen) atoms. The van der Waals surface area contributed by atoms with Gasteiger partial charge in [-0.15, -0.1) is 0 Å². The molecule has 0 amide bonds. The Balaban J connectivity index is 1.89. The molecule has 1 aliphatic rings. The van der Waals surface area contributed by atoms with E-state index in [4.69, 9.17) is 4.74 Å². The second kappa shape index (κ2) is 7.01. The summed E-state index contributed by atoms with van der Waals surface area (Å²) in [5, 5.41) is 0. The summed E-state index contributed by atoms with van der Waals surface area (Å²) < 4.78 is 5.38. The van der Waals surface area contributed by atoms with E-state index >= 15 is 0 Å². The summed E-state index contributed by atoms with van der Waals surface area (Å²) in [6.45, 7) is 0. The van der Waals surface area contributed by atoms with E-state index in [0.717, 1.165) is 11.1 Å². The molecule has 1 aliphatic heterocycles. The molecule has 0 saturated carbocycles. The molecule has 130 valence electrons. The molecule has 3 aromatic rings. The van der Waals surface area contributed by atoms with Gasteiger partial charge in [0.25, 0.3) is 0 Å². The van der Waals surface area contributed by atoms with Crippen molar-refractivity contribution >= 4 is 37.6 Å². The smallest absolute Gasteiger partial charge is 0.188 e. The lowest BCUT2D eigenvalue weighted by Crippen LogP contribution is -2.47. The first-order valence-electron chi connectivity index (χ1n) is 8.35. The van der Waals surface area contributed by atoms with Crippen LogP contribution in [0.25, 0.3) is 0 Å². The van der Waals surface area contributed by atoms with E-state index in [1.165, 1.54) is 0 Å². The Labute approximate surface area is 169 Å². The third-order valence-corrected chi connectivity index (χ3v) is 7.77. The molecule has 4 heteroatoms. The molecular formula is C22H16Br2O2. The number of fused-ring (bicyclic) bond motifs is 1. The Morgan fingerprint density at radius 3 is 2.12 bits per heavy atom. The zero-order valence-corrected chi connectivity index (χ0v) is 17.0. The maximum absolute atomic E-state index is 13.6. The summed E-state index contributed by atoms with van der Waals surface area (Å²) in [6.07, 6.45) is -0.462. The molecule has 3 aromatic carbocycles. The van der Waals surface area contributed by atoms with Crippen molar-refractivity contribution in [2.45, 2.75) is 15.3 Å². The quantitative estimate of drug-likeness (QED) is 0.420. The summed E-state index contributed by atoms with van der Waals surface area (Å²) in [4.78, 5) is 13.3. The van der Waals surface area contributed by atoms with Crippen LogP contribution in [0.15, 0.2) is 84.9 Å². The van der Waals surface area contributed by atoms with Gasteiger partial charge >= 0.3 is 0 Å². The minimum absolute atomic E-state index is 0.0129. The predicted octanol–water partition coefficient (Wildman–Crippen LogP) is 6.27. The first-order valence-corrected chi connectivity index (χ1v) is 10.1. The highest BCUT2D eigenvalue weighted by molar-refractivity contribution is 9.12. The lowest BCUT2D eigenvalue weighted by Gasteiger charge is -2.42. The maximum Gasteiger partial charge on any atom is 0.188 e. The van der Waals surface area contributed by atoms with E-state index in [9.17, 15) is 4.79 Å². The average Bonchev–Trinajstić information content (AvgIpc) is 2.71. The molecule has 0 saturated heterocycles. The predicted molar refractivity (Wildman–Crippen MR) is 110 cm³/mol. The maximum atomic E-state index is 13.6. The van der Waals surface area contributed by atoms with Gasteiger partial charge in [-0.25, -0.2) is 0 Å². The van der Waals surface area contributed by atoms with Crippen molar-refractivity contribution in [3.63, 3.8) is 0 Å². The van der Waals surface area contributed by atoms with Crippen molar-refractivity contribution in [3.8, 4) is 5.75 Å². The van der Waals surface area contributed by atoms with Gasteiger partial charge in [0.15, 0.2) is 5.78 Å². The molecule has 0 bridgehead atoms. The van der Waals surface area contributed by atoms with Crippen molar-refractivity contribution < 1.29 is 9.53 Å². The summed E-state index contributed by atoms with van der Waals surface area (Å²) in [6, 6.07) is 27.2. The van der Waals surface area contributed by atoms with Gasteiger partial charge < -0.3 is 4.74 Å². The Bertz CT molecular complexity index is 927. The van der Waals surface area contributed by atoms with Gasteiger partial charge in [0.1, 0.15) is 16.2 Å². The van der Waals surface area contributed by atoms with Crippen molar-refractivity contribution in [2.24, 2.45) is 0 Å². The number of para-hydroxylation sites is 1. The number of hydrogen-bond acceptors (Lipinski definition) is 2. The number of ketones is 1.